The molecule has 0 unspecified atom stereocenters. The molecule has 1 amide bonds. The lowest BCUT2D eigenvalue weighted by atomic mass is 10.0. The summed E-state index contributed by atoms with van der Waals surface area (Å²) < 4.78 is 11.9. The molecule has 3 aromatic rings. The molecule has 0 saturated carbocycles. The summed E-state index contributed by atoms with van der Waals surface area (Å²) in [6.45, 7) is 6.16. The number of aromatic nitrogens is 1. The van der Waals surface area contributed by atoms with E-state index in [1.54, 1.807) is 7.11 Å². The molecule has 1 heterocycles. The van der Waals surface area contributed by atoms with Crippen molar-refractivity contribution in [2.75, 3.05) is 19.0 Å². The van der Waals surface area contributed by atoms with Crippen LogP contribution in [0.3, 0.4) is 0 Å². The Balaban J connectivity index is 1.67. The second-order valence-electron chi connectivity index (χ2n) is 6.39. The largest absolute Gasteiger partial charge is 0.497 e. The number of carbonyl (C=O) groups excluding carboxylic acids is 1. The molecule has 2 aromatic carbocycles. The molecule has 0 aliphatic rings. The van der Waals surface area contributed by atoms with E-state index in [0.29, 0.717) is 11.0 Å². The van der Waals surface area contributed by atoms with Crippen molar-refractivity contribution in [3.05, 3.63) is 47.5 Å². The van der Waals surface area contributed by atoms with Crippen LogP contribution in [0.15, 0.2) is 36.4 Å². The second-order valence-corrected chi connectivity index (χ2v) is 7.42. The SMILES string of the molecule is COc1ccc2nc(NC(=O)COc3cc(C)ccc3C(C)C)sc2c1. The zero-order valence-corrected chi connectivity index (χ0v) is 16.1. The van der Waals surface area contributed by atoms with Gasteiger partial charge in [0.05, 0.1) is 17.3 Å². The number of nitrogens with one attached hydrogen (secondary N) is 1. The minimum absolute atomic E-state index is 0.0532. The standard InChI is InChI=1S/C20H22N2O3S/c1-12(2)15-7-5-13(3)9-17(15)25-11-19(23)22-20-21-16-8-6-14(24-4)10-18(16)26-20/h5-10,12H,11H2,1-4H3,(H,21,22,23). The van der Waals surface area contributed by atoms with E-state index in [4.69, 9.17) is 9.47 Å². The monoisotopic (exact) mass is 370 g/mol. The van der Waals surface area contributed by atoms with Crippen LogP contribution in [0.5, 0.6) is 11.5 Å². The summed E-state index contributed by atoms with van der Waals surface area (Å²) in [5.74, 6) is 1.62. The van der Waals surface area contributed by atoms with Crippen LogP contribution in [0, 0.1) is 6.92 Å². The van der Waals surface area contributed by atoms with Gasteiger partial charge in [-0.2, -0.15) is 0 Å². The predicted octanol–water partition coefficient (Wildman–Crippen LogP) is 4.75. The fourth-order valence-corrected chi connectivity index (χ4v) is 3.54. The highest BCUT2D eigenvalue weighted by atomic mass is 32.1. The maximum Gasteiger partial charge on any atom is 0.264 e. The van der Waals surface area contributed by atoms with Crippen molar-refractivity contribution in [2.24, 2.45) is 0 Å². The Morgan fingerprint density at radius 3 is 2.77 bits per heavy atom. The van der Waals surface area contributed by atoms with Crippen molar-refractivity contribution in [1.82, 2.24) is 4.98 Å². The summed E-state index contributed by atoms with van der Waals surface area (Å²) in [5, 5.41) is 3.36. The summed E-state index contributed by atoms with van der Waals surface area (Å²) in [4.78, 5) is 16.7. The number of aryl methyl sites for hydroxylation is 1. The Hall–Kier alpha value is -2.60. The average Bonchev–Trinajstić information content (AvgIpc) is 3.00. The number of anilines is 1. The van der Waals surface area contributed by atoms with Crippen molar-refractivity contribution in [3.63, 3.8) is 0 Å². The van der Waals surface area contributed by atoms with Crippen LogP contribution in [-0.2, 0) is 4.79 Å². The third kappa shape index (κ3) is 4.14. The van der Waals surface area contributed by atoms with Crippen molar-refractivity contribution in [1.29, 1.82) is 0 Å². The Kier molecular flexibility index (Phi) is 5.42. The second kappa shape index (κ2) is 7.74. The first kappa shape index (κ1) is 18.2. The molecule has 0 atom stereocenters. The summed E-state index contributed by atoms with van der Waals surface area (Å²) in [6, 6.07) is 11.7. The molecule has 3 rings (SSSR count). The van der Waals surface area contributed by atoms with Crippen LogP contribution in [-0.4, -0.2) is 24.6 Å². The van der Waals surface area contributed by atoms with E-state index < -0.39 is 0 Å². The molecule has 5 nitrogen and oxygen atoms in total. The van der Waals surface area contributed by atoms with Crippen molar-refractivity contribution in [2.45, 2.75) is 26.7 Å². The summed E-state index contributed by atoms with van der Waals surface area (Å²) >= 11 is 1.41. The minimum atomic E-state index is -0.229. The molecule has 26 heavy (non-hydrogen) atoms. The molecule has 0 spiro atoms. The fourth-order valence-electron chi connectivity index (χ4n) is 2.63. The van der Waals surface area contributed by atoms with Crippen molar-refractivity contribution >= 4 is 32.6 Å². The van der Waals surface area contributed by atoms with Gasteiger partial charge in [-0.1, -0.05) is 37.3 Å². The lowest BCUT2D eigenvalue weighted by molar-refractivity contribution is -0.118. The highest BCUT2D eigenvalue weighted by Gasteiger charge is 2.12. The number of fused-ring (bicyclic) bond motifs is 1. The van der Waals surface area contributed by atoms with Gasteiger partial charge in [0.25, 0.3) is 5.91 Å². The lowest BCUT2D eigenvalue weighted by Crippen LogP contribution is -2.20. The van der Waals surface area contributed by atoms with E-state index in [1.807, 2.05) is 37.3 Å². The summed E-state index contributed by atoms with van der Waals surface area (Å²) in [7, 11) is 1.62. The normalized spacial score (nSPS) is 11.0. The number of benzene rings is 2. The molecule has 0 fully saturated rings. The Morgan fingerprint density at radius 1 is 1.23 bits per heavy atom. The summed E-state index contributed by atoms with van der Waals surface area (Å²) in [6.07, 6.45) is 0. The van der Waals surface area contributed by atoms with Gasteiger partial charge in [0, 0.05) is 0 Å². The van der Waals surface area contributed by atoms with Gasteiger partial charge >= 0.3 is 0 Å². The summed E-state index contributed by atoms with van der Waals surface area (Å²) in [5.41, 5.74) is 3.02. The molecular weight excluding hydrogens is 348 g/mol. The van der Waals surface area contributed by atoms with Crippen LogP contribution in [0.4, 0.5) is 5.13 Å². The number of nitrogens with zero attached hydrogens (tertiary/aromatic N) is 1. The third-order valence-electron chi connectivity index (χ3n) is 3.99. The molecule has 0 bridgehead atoms. The number of hydrogen-bond donors (Lipinski definition) is 1. The van der Waals surface area contributed by atoms with Crippen LogP contribution >= 0.6 is 11.3 Å². The molecule has 6 heteroatoms. The Morgan fingerprint density at radius 2 is 2.04 bits per heavy atom. The smallest absolute Gasteiger partial charge is 0.264 e. The first-order chi connectivity index (χ1) is 12.5. The van der Waals surface area contributed by atoms with E-state index in [0.717, 1.165) is 32.8 Å². The maximum atomic E-state index is 12.3. The van der Waals surface area contributed by atoms with Gasteiger partial charge in [-0.15, -0.1) is 0 Å². The van der Waals surface area contributed by atoms with E-state index in [2.05, 4.69) is 30.2 Å². The highest BCUT2D eigenvalue weighted by molar-refractivity contribution is 7.22. The van der Waals surface area contributed by atoms with Crippen LogP contribution < -0.4 is 14.8 Å². The number of carbonyl (C=O) groups is 1. The van der Waals surface area contributed by atoms with Crippen LogP contribution in [0.25, 0.3) is 10.2 Å². The number of amides is 1. The van der Waals surface area contributed by atoms with Crippen LogP contribution in [0.2, 0.25) is 0 Å². The molecule has 0 radical (unpaired) electrons. The van der Waals surface area contributed by atoms with Gasteiger partial charge < -0.3 is 9.47 Å². The van der Waals surface area contributed by atoms with Crippen molar-refractivity contribution < 1.29 is 14.3 Å². The molecular formula is C20H22N2O3S. The molecule has 0 aliphatic heterocycles. The van der Waals surface area contributed by atoms with Crippen molar-refractivity contribution in [3.8, 4) is 11.5 Å². The number of rotatable bonds is 6. The molecule has 1 aromatic heterocycles. The molecule has 136 valence electrons. The average molecular weight is 370 g/mol. The van der Waals surface area contributed by atoms with Gasteiger partial charge in [-0.25, -0.2) is 4.98 Å². The Labute approximate surface area is 157 Å². The molecule has 0 saturated heterocycles. The number of methoxy groups -OCH3 is 1. The van der Waals surface area contributed by atoms with Gasteiger partial charge in [-0.05, 0) is 48.2 Å². The molecule has 1 N–H and O–H groups in total. The van der Waals surface area contributed by atoms with Gasteiger partial charge in [0.15, 0.2) is 11.7 Å². The van der Waals surface area contributed by atoms with Crippen LogP contribution in [0.1, 0.15) is 30.9 Å². The van der Waals surface area contributed by atoms with Gasteiger partial charge in [0.2, 0.25) is 0 Å². The fraction of sp³-hybridized carbons (Fsp3) is 0.300. The first-order valence-corrected chi connectivity index (χ1v) is 9.25. The lowest BCUT2D eigenvalue weighted by Gasteiger charge is -2.14. The van der Waals surface area contributed by atoms with Gasteiger partial charge in [-0.3, -0.25) is 10.1 Å². The quantitative estimate of drug-likeness (QED) is 0.680. The van der Waals surface area contributed by atoms with Gasteiger partial charge in [0.1, 0.15) is 11.5 Å². The maximum absolute atomic E-state index is 12.3. The van der Waals surface area contributed by atoms with E-state index in [-0.39, 0.29) is 12.5 Å². The minimum Gasteiger partial charge on any atom is -0.497 e. The van der Waals surface area contributed by atoms with E-state index in [1.165, 1.54) is 11.3 Å². The zero-order chi connectivity index (χ0) is 18.7. The molecule has 0 aliphatic carbocycles. The zero-order valence-electron chi connectivity index (χ0n) is 15.3. The number of thiazole rings is 1. The third-order valence-corrected chi connectivity index (χ3v) is 4.93. The number of ether oxygens (including phenoxy) is 2. The topological polar surface area (TPSA) is 60.5 Å². The number of hydrogen-bond acceptors (Lipinski definition) is 5. The Bertz CT molecular complexity index is 934. The predicted molar refractivity (Wildman–Crippen MR) is 106 cm³/mol. The van der Waals surface area contributed by atoms with E-state index >= 15 is 0 Å². The first-order valence-electron chi connectivity index (χ1n) is 8.44. The van der Waals surface area contributed by atoms with E-state index in [9.17, 15) is 4.79 Å². The highest BCUT2D eigenvalue weighted by Crippen LogP contribution is 2.30.